The first-order valence-electron chi connectivity index (χ1n) is 13.9. The standard InChI is InChI=1S/C31H32F4N4O4.Na.H2O.H/c1-4-43-28(40)19-25-23-9-6-10-24(32)29(23)36-30(39(25)26-17-20(31(33,34)35)11-12-27(26)42-3)38-15-13-37(14-16-38)21-7-5-8-22(18-21)41-2;;;/h5-12,17-18,25H,4,13-16,19H2,1-3H3;;1H2;/q;+1;;-1/t25-;;;/m0.../s1. The summed E-state index contributed by atoms with van der Waals surface area (Å²) in [4.78, 5) is 23.2. The molecule has 0 aromatic heterocycles. The summed E-state index contributed by atoms with van der Waals surface area (Å²) >= 11 is 0. The minimum absolute atomic E-state index is 0. The van der Waals surface area contributed by atoms with Crippen molar-refractivity contribution in [3.05, 3.63) is 77.6 Å². The van der Waals surface area contributed by atoms with Gasteiger partial charge in [0.15, 0.2) is 0 Å². The molecule has 0 radical (unpaired) electrons. The fraction of sp³-hybridized carbons (Fsp3) is 0.355. The maximum absolute atomic E-state index is 15.3. The number of alkyl halides is 3. The molecule has 238 valence electrons. The molecule has 0 aliphatic carbocycles. The van der Waals surface area contributed by atoms with Crippen molar-refractivity contribution >= 4 is 29.0 Å². The first-order valence-corrected chi connectivity index (χ1v) is 13.9. The van der Waals surface area contributed by atoms with Gasteiger partial charge in [-0.3, -0.25) is 4.79 Å². The summed E-state index contributed by atoms with van der Waals surface area (Å²) in [5.74, 6) is -0.107. The van der Waals surface area contributed by atoms with Crippen LogP contribution in [0.2, 0.25) is 0 Å². The van der Waals surface area contributed by atoms with Gasteiger partial charge in [-0.1, -0.05) is 18.2 Å². The van der Waals surface area contributed by atoms with Crippen molar-refractivity contribution in [3.63, 3.8) is 0 Å². The molecular weight excluding hydrogens is 607 g/mol. The molecule has 2 heterocycles. The number of guanidine groups is 1. The normalized spacial score (nSPS) is 16.1. The Labute approximate surface area is 282 Å². The van der Waals surface area contributed by atoms with E-state index in [9.17, 15) is 18.0 Å². The molecule has 0 unspecified atom stereocenters. The second-order valence-electron chi connectivity index (χ2n) is 10.0. The molecule has 2 aliphatic heterocycles. The number of carbonyl (C=O) groups excluding carboxylic acids is 1. The molecule has 1 fully saturated rings. The topological polar surface area (TPSA) is 98.3 Å². The van der Waals surface area contributed by atoms with Crippen LogP contribution in [0.15, 0.2) is 65.7 Å². The number of nitrogens with zero attached hydrogens (tertiary/aromatic N) is 4. The van der Waals surface area contributed by atoms with Gasteiger partial charge in [-0.2, -0.15) is 13.2 Å². The zero-order valence-corrected chi connectivity index (χ0v) is 27.5. The molecule has 2 N–H and O–H groups in total. The molecule has 0 spiro atoms. The molecule has 2 aliphatic rings. The van der Waals surface area contributed by atoms with E-state index in [2.05, 4.69) is 9.89 Å². The van der Waals surface area contributed by atoms with Gasteiger partial charge in [0.2, 0.25) is 5.96 Å². The molecule has 3 aromatic rings. The number of piperazine rings is 1. The quantitative estimate of drug-likeness (QED) is 0.222. The van der Waals surface area contributed by atoms with Gasteiger partial charge in [-0.05, 0) is 43.3 Å². The Kier molecular flexibility index (Phi) is 12.1. The van der Waals surface area contributed by atoms with Crippen molar-refractivity contribution in [2.45, 2.75) is 25.6 Å². The summed E-state index contributed by atoms with van der Waals surface area (Å²) in [6, 6.07) is 14.2. The number of fused-ring (bicyclic) bond motifs is 1. The number of para-hydroxylation sites is 1. The molecule has 1 atom stereocenters. The van der Waals surface area contributed by atoms with Crippen LogP contribution >= 0.6 is 0 Å². The Balaban J connectivity index is 0.00000245. The van der Waals surface area contributed by atoms with Crippen molar-refractivity contribution in [3.8, 4) is 11.5 Å². The molecular formula is C31H35F4N4NaO5. The average Bonchev–Trinajstić information content (AvgIpc) is 3.00. The number of carbonyl (C=O) groups is 1. The summed E-state index contributed by atoms with van der Waals surface area (Å²) in [7, 11) is 2.95. The second kappa shape index (κ2) is 15.2. The fourth-order valence-electron chi connectivity index (χ4n) is 5.46. The Hall–Kier alpha value is -3.52. The summed E-state index contributed by atoms with van der Waals surface area (Å²) in [5.41, 5.74) is 0.494. The summed E-state index contributed by atoms with van der Waals surface area (Å²) in [6.45, 7) is 3.71. The maximum Gasteiger partial charge on any atom is 1.00 e. The Bertz CT molecular complexity index is 1520. The number of halogens is 4. The monoisotopic (exact) mass is 642 g/mol. The van der Waals surface area contributed by atoms with Gasteiger partial charge in [0.1, 0.15) is 23.0 Å². The predicted molar refractivity (Wildman–Crippen MR) is 159 cm³/mol. The Morgan fingerprint density at radius 1 is 0.978 bits per heavy atom. The van der Waals surface area contributed by atoms with E-state index in [-0.39, 0.29) is 72.6 Å². The van der Waals surface area contributed by atoms with Crippen molar-refractivity contribution in [1.29, 1.82) is 0 Å². The van der Waals surface area contributed by atoms with Crippen LogP contribution in [0.1, 0.15) is 31.9 Å². The van der Waals surface area contributed by atoms with Crippen LogP contribution in [0.3, 0.4) is 0 Å². The Morgan fingerprint density at radius 2 is 1.67 bits per heavy atom. The van der Waals surface area contributed by atoms with E-state index in [1.54, 1.807) is 25.0 Å². The van der Waals surface area contributed by atoms with Gasteiger partial charge in [0, 0.05) is 43.5 Å². The number of rotatable bonds is 7. The van der Waals surface area contributed by atoms with Crippen LogP contribution in [0.25, 0.3) is 0 Å². The molecule has 5 rings (SSSR count). The van der Waals surface area contributed by atoms with E-state index in [1.165, 1.54) is 25.3 Å². The van der Waals surface area contributed by atoms with Gasteiger partial charge in [-0.25, -0.2) is 9.38 Å². The van der Waals surface area contributed by atoms with E-state index in [4.69, 9.17) is 14.2 Å². The third kappa shape index (κ3) is 7.66. The number of anilines is 2. The number of benzene rings is 3. The fourth-order valence-corrected chi connectivity index (χ4v) is 5.46. The molecule has 0 amide bonds. The van der Waals surface area contributed by atoms with Crippen LogP contribution in [-0.4, -0.2) is 69.3 Å². The van der Waals surface area contributed by atoms with Crippen LogP contribution in [0.5, 0.6) is 11.5 Å². The molecule has 1 saturated heterocycles. The number of esters is 1. The van der Waals surface area contributed by atoms with Gasteiger partial charge < -0.3 is 35.8 Å². The van der Waals surface area contributed by atoms with Gasteiger partial charge in [0.25, 0.3) is 0 Å². The zero-order chi connectivity index (χ0) is 30.7. The summed E-state index contributed by atoms with van der Waals surface area (Å²) in [5, 5.41) is 0. The summed E-state index contributed by atoms with van der Waals surface area (Å²) in [6.07, 6.45) is -4.90. The van der Waals surface area contributed by atoms with E-state index in [1.807, 2.05) is 29.2 Å². The molecule has 9 nitrogen and oxygen atoms in total. The van der Waals surface area contributed by atoms with E-state index < -0.39 is 29.6 Å². The van der Waals surface area contributed by atoms with Crippen molar-refractivity contribution in [2.75, 3.05) is 56.8 Å². The van der Waals surface area contributed by atoms with Crippen LogP contribution in [0.4, 0.5) is 34.6 Å². The largest absolute Gasteiger partial charge is 1.00 e. The number of aliphatic imine (C=N–C) groups is 1. The van der Waals surface area contributed by atoms with Crippen LogP contribution in [0, 0.1) is 5.82 Å². The minimum Gasteiger partial charge on any atom is -1.00 e. The van der Waals surface area contributed by atoms with Crippen LogP contribution < -0.4 is 48.8 Å². The Morgan fingerprint density at radius 3 is 2.31 bits per heavy atom. The average molecular weight is 643 g/mol. The van der Waals surface area contributed by atoms with Crippen molar-refractivity contribution in [1.82, 2.24) is 4.90 Å². The smallest absolute Gasteiger partial charge is 1.00 e. The molecule has 0 saturated carbocycles. The van der Waals surface area contributed by atoms with Crippen LogP contribution in [-0.2, 0) is 15.7 Å². The molecule has 0 bridgehead atoms. The van der Waals surface area contributed by atoms with Crippen molar-refractivity contribution in [2.24, 2.45) is 4.99 Å². The van der Waals surface area contributed by atoms with E-state index in [0.717, 1.165) is 17.8 Å². The van der Waals surface area contributed by atoms with E-state index >= 15 is 4.39 Å². The van der Waals surface area contributed by atoms with E-state index in [0.29, 0.717) is 37.5 Å². The van der Waals surface area contributed by atoms with Crippen molar-refractivity contribution < 1.29 is 73.0 Å². The first-order chi connectivity index (χ1) is 20.6. The first kappa shape index (κ1) is 36.0. The SMILES string of the molecule is CCOC(=O)C[C@H]1c2cccc(F)c2N=C(N2CCN(c3cccc(OC)c3)CC2)N1c1cc(C(F)(F)F)ccc1OC.O.[H-].[Na+]. The van der Waals surface area contributed by atoms with Gasteiger partial charge in [0.05, 0.1) is 44.5 Å². The number of hydrogen-bond acceptors (Lipinski definition) is 8. The maximum atomic E-state index is 15.3. The second-order valence-corrected chi connectivity index (χ2v) is 10.0. The summed E-state index contributed by atoms with van der Waals surface area (Å²) < 4.78 is 73.2. The van der Waals surface area contributed by atoms with Gasteiger partial charge >= 0.3 is 41.7 Å². The zero-order valence-electron chi connectivity index (χ0n) is 26.5. The molecule has 3 aromatic carbocycles. The third-order valence-corrected chi connectivity index (χ3v) is 7.53. The number of ether oxygens (including phenoxy) is 3. The predicted octanol–water partition coefficient (Wildman–Crippen LogP) is 2.48. The minimum atomic E-state index is -4.64. The number of methoxy groups -OCH3 is 2. The number of hydrogen-bond donors (Lipinski definition) is 0. The molecule has 45 heavy (non-hydrogen) atoms. The van der Waals surface area contributed by atoms with Gasteiger partial charge in [-0.15, -0.1) is 0 Å². The third-order valence-electron chi connectivity index (χ3n) is 7.53. The molecule has 14 heteroatoms.